The van der Waals surface area contributed by atoms with Crippen LogP contribution in [0.5, 0.6) is 0 Å². The van der Waals surface area contributed by atoms with Gasteiger partial charge in [-0.15, -0.1) is 10.2 Å². The van der Waals surface area contributed by atoms with Crippen molar-refractivity contribution < 1.29 is 4.79 Å². The van der Waals surface area contributed by atoms with Gasteiger partial charge in [0.25, 0.3) is 0 Å². The second-order valence-corrected chi connectivity index (χ2v) is 5.52. The lowest BCUT2D eigenvalue weighted by molar-refractivity contribution is -0.115. The molecule has 1 atom stereocenters. The predicted molar refractivity (Wildman–Crippen MR) is 95.3 cm³/mol. The summed E-state index contributed by atoms with van der Waals surface area (Å²) in [6, 6.07) is 21.0. The number of hydrogen-bond acceptors (Lipinski definition) is 4. The van der Waals surface area contributed by atoms with Crippen LogP contribution in [0.4, 0.5) is 0 Å². The molecule has 5 heteroatoms. The zero-order valence-corrected chi connectivity index (χ0v) is 13.7. The normalized spacial score (nSPS) is 12.0. The van der Waals surface area contributed by atoms with E-state index < -0.39 is 5.92 Å². The highest BCUT2D eigenvalue weighted by atomic mass is 16.1. The van der Waals surface area contributed by atoms with Gasteiger partial charge < -0.3 is 4.57 Å². The Morgan fingerprint density at radius 2 is 1.72 bits per heavy atom. The molecule has 0 aliphatic carbocycles. The van der Waals surface area contributed by atoms with E-state index >= 15 is 0 Å². The molecule has 0 aliphatic rings. The van der Waals surface area contributed by atoms with Crippen LogP contribution >= 0.6 is 0 Å². The monoisotopic (exact) mass is 328 g/mol. The van der Waals surface area contributed by atoms with Gasteiger partial charge in [0.1, 0.15) is 0 Å². The van der Waals surface area contributed by atoms with Crippen LogP contribution in [0.15, 0.2) is 66.7 Å². The van der Waals surface area contributed by atoms with Gasteiger partial charge in [0.05, 0.1) is 6.07 Å². The lowest BCUT2D eigenvalue weighted by Gasteiger charge is -2.06. The fraction of sp³-hybridized carbons (Fsp3) is 0.100. The maximum Gasteiger partial charge on any atom is 0.180 e. The molecule has 1 unspecified atom stereocenters. The van der Waals surface area contributed by atoms with E-state index in [2.05, 4.69) is 10.2 Å². The molecule has 0 spiro atoms. The maximum absolute atomic E-state index is 12.5. The van der Waals surface area contributed by atoms with Crippen molar-refractivity contribution in [2.75, 3.05) is 0 Å². The van der Waals surface area contributed by atoms with E-state index in [0.29, 0.717) is 11.6 Å². The first-order valence-electron chi connectivity index (χ1n) is 7.82. The van der Waals surface area contributed by atoms with Crippen molar-refractivity contribution in [1.82, 2.24) is 14.8 Å². The third-order valence-electron chi connectivity index (χ3n) is 3.85. The molecule has 1 heterocycles. The van der Waals surface area contributed by atoms with Crippen molar-refractivity contribution in [3.05, 3.63) is 78.1 Å². The Labute approximate surface area is 145 Å². The molecule has 1 aromatic heterocycles. The van der Waals surface area contributed by atoms with Crippen LogP contribution in [0.3, 0.4) is 0 Å². The SMILES string of the molecule is Cn1c(-c2ccccc2)nnc1C(C#N)C(=O)/C=C/c1ccccc1. The van der Waals surface area contributed by atoms with Crippen molar-refractivity contribution in [1.29, 1.82) is 5.26 Å². The molecule has 0 N–H and O–H groups in total. The van der Waals surface area contributed by atoms with E-state index in [4.69, 9.17) is 0 Å². The second kappa shape index (κ2) is 7.37. The molecule has 0 fully saturated rings. The molecule has 0 saturated heterocycles. The number of rotatable bonds is 5. The quantitative estimate of drug-likeness (QED) is 0.673. The largest absolute Gasteiger partial charge is 0.313 e. The average molecular weight is 328 g/mol. The Kier molecular flexibility index (Phi) is 4.82. The zero-order valence-electron chi connectivity index (χ0n) is 13.7. The minimum absolute atomic E-state index is 0.318. The Hall–Kier alpha value is -3.52. The number of aromatic nitrogens is 3. The Bertz CT molecular complexity index is 937. The van der Waals surface area contributed by atoms with Crippen LogP contribution in [0.2, 0.25) is 0 Å². The van der Waals surface area contributed by atoms with Crippen molar-refractivity contribution >= 4 is 11.9 Å². The third-order valence-corrected chi connectivity index (χ3v) is 3.85. The van der Waals surface area contributed by atoms with Gasteiger partial charge in [0.15, 0.2) is 23.3 Å². The maximum atomic E-state index is 12.5. The highest BCUT2D eigenvalue weighted by Crippen LogP contribution is 2.21. The molecular weight excluding hydrogens is 312 g/mol. The molecule has 0 radical (unpaired) electrons. The van der Waals surface area contributed by atoms with Crippen LogP contribution in [0.25, 0.3) is 17.5 Å². The molecule has 122 valence electrons. The summed E-state index contributed by atoms with van der Waals surface area (Å²) in [5, 5.41) is 17.7. The fourth-order valence-corrected chi connectivity index (χ4v) is 2.52. The fourth-order valence-electron chi connectivity index (χ4n) is 2.52. The lowest BCUT2D eigenvalue weighted by Crippen LogP contribution is -2.13. The van der Waals surface area contributed by atoms with Crippen LogP contribution in [0.1, 0.15) is 17.3 Å². The van der Waals surface area contributed by atoms with Gasteiger partial charge in [-0.3, -0.25) is 4.79 Å². The Morgan fingerprint density at radius 1 is 1.08 bits per heavy atom. The van der Waals surface area contributed by atoms with Crippen molar-refractivity contribution in [3.8, 4) is 17.5 Å². The lowest BCUT2D eigenvalue weighted by atomic mass is 10.0. The number of carbonyl (C=O) groups is 1. The average Bonchev–Trinajstić information content (AvgIpc) is 3.04. The molecule has 5 nitrogen and oxygen atoms in total. The van der Waals surface area contributed by atoms with Gasteiger partial charge in [0, 0.05) is 12.6 Å². The summed E-state index contributed by atoms with van der Waals surface area (Å²) in [6.07, 6.45) is 3.11. The Morgan fingerprint density at radius 3 is 2.36 bits per heavy atom. The molecule has 0 aliphatic heterocycles. The molecule has 3 rings (SSSR count). The molecule has 0 saturated carbocycles. The number of nitriles is 1. The second-order valence-electron chi connectivity index (χ2n) is 5.52. The Balaban J connectivity index is 1.87. The summed E-state index contributed by atoms with van der Waals surface area (Å²) < 4.78 is 1.69. The van der Waals surface area contributed by atoms with E-state index in [0.717, 1.165) is 11.1 Å². The van der Waals surface area contributed by atoms with Crippen LogP contribution < -0.4 is 0 Å². The van der Waals surface area contributed by atoms with Crippen LogP contribution in [-0.4, -0.2) is 20.5 Å². The number of ketones is 1. The topological polar surface area (TPSA) is 71.6 Å². The minimum atomic E-state index is -0.991. The number of benzene rings is 2. The summed E-state index contributed by atoms with van der Waals surface area (Å²) in [4.78, 5) is 12.5. The summed E-state index contributed by atoms with van der Waals surface area (Å²) in [5.41, 5.74) is 1.78. The first-order valence-corrected chi connectivity index (χ1v) is 7.82. The van der Waals surface area contributed by atoms with Gasteiger partial charge in [-0.05, 0) is 11.6 Å². The van der Waals surface area contributed by atoms with Gasteiger partial charge in [-0.1, -0.05) is 66.7 Å². The zero-order chi connectivity index (χ0) is 17.6. The van der Waals surface area contributed by atoms with E-state index in [9.17, 15) is 10.1 Å². The van der Waals surface area contributed by atoms with E-state index in [1.807, 2.05) is 66.7 Å². The van der Waals surface area contributed by atoms with Crippen LogP contribution in [-0.2, 0) is 11.8 Å². The first-order chi connectivity index (χ1) is 12.2. The van der Waals surface area contributed by atoms with Gasteiger partial charge in [-0.2, -0.15) is 5.26 Å². The van der Waals surface area contributed by atoms with Crippen molar-refractivity contribution in [2.45, 2.75) is 5.92 Å². The van der Waals surface area contributed by atoms with Gasteiger partial charge >= 0.3 is 0 Å². The predicted octanol–water partition coefficient (Wildman–Crippen LogP) is 3.37. The summed E-state index contributed by atoms with van der Waals surface area (Å²) in [5.74, 6) is -0.351. The number of hydrogen-bond donors (Lipinski definition) is 0. The van der Waals surface area contributed by atoms with E-state index in [-0.39, 0.29) is 5.78 Å². The summed E-state index contributed by atoms with van der Waals surface area (Å²) in [6.45, 7) is 0. The smallest absolute Gasteiger partial charge is 0.180 e. The third kappa shape index (κ3) is 3.54. The number of nitrogens with zero attached hydrogens (tertiary/aromatic N) is 4. The van der Waals surface area contributed by atoms with Crippen LogP contribution in [0, 0.1) is 11.3 Å². The summed E-state index contributed by atoms with van der Waals surface area (Å²) in [7, 11) is 1.76. The van der Waals surface area contributed by atoms with Crippen molar-refractivity contribution in [3.63, 3.8) is 0 Å². The van der Waals surface area contributed by atoms with E-state index in [1.165, 1.54) is 6.08 Å². The van der Waals surface area contributed by atoms with Crippen molar-refractivity contribution in [2.24, 2.45) is 7.05 Å². The molecule has 2 aromatic carbocycles. The molecule has 0 amide bonds. The highest BCUT2D eigenvalue weighted by molar-refractivity contribution is 5.99. The van der Waals surface area contributed by atoms with Gasteiger partial charge in [-0.25, -0.2) is 0 Å². The van der Waals surface area contributed by atoms with E-state index in [1.54, 1.807) is 17.7 Å². The summed E-state index contributed by atoms with van der Waals surface area (Å²) >= 11 is 0. The molecule has 0 bridgehead atoms. The van der Waals surface area contributed by atoms with Gasteiger partial charge in [0.2, 0.25) is 0 Å². The number of carbonyl (C=O) groups excluding carboxylic acids is 1. The molecular formula is C20H16N4O. The standard InChI is InChI=1S/C20H16N4O/c1-24-19(16-10-6-3-7-11-16)22-23-20(24)17(14-21)18(25)13-12-15-8-4-2-5-9-15/h2-13,17H,1H3/b13-12+. The first kappa shape index (κ1) is 16.3. The molecule has 25 heavy (non-hydrogen) atoms. The molecule has 3 aromatic rings. The minimum Gasteiger partial charge on any atom is -0.313 e. The number of allylic oxidation sites excluding steroid dienone is 1. The highest BCUT2D eigenvalue weighted by Gasteiger charge is 2.25.